The first-order valence-electron chi connectivity index (χ1n) is 13.1. The second-order valence-corrected chi connectivity index (χ2v) is 12.2. The first-order chi connectivity index (χ1) is 14.3. The highest BCUT2D eigenvalue weighted by Gasteiger charge is 2.57. The van der Waals surface area contributed by atoms with E-state index in [1.54, 1.807) is 0 Å². The maximum atomic E-state index is 10.9. The molecule has 1 nitrogen and oxygen atoms in total. The van der Waals surface area contributed by atoms with Crippen LogP contribution in [0.25, 0.3) is 0 Å². The van der Waals surface area contributed by atoms with Crippen LogP contribution < -0.4 is 0 Å². The number of carbonyl (C=O) groups is 1. The summed E-state index contributed by atoms with van der Waals surface area (Å²) in [4.78, 5) is 10.9. The van der Waals surface area contributed by atoms with Crippen molar-refractivity contribution < 1.29 is 4.79 Å². The number of carbonyl (C=O) groups excluding carboxylic acids is 1. The Bertz CT molecular complexity index is 688. The first-order valence-corrected chi connectivity index (χ1v) is 13.1. The summed E-state index contributed by atoms with van der Waals surface area (Å²) in [5.74, 6) is 5.06. The van der Waals surface area contributed by atoms with Gasteiger partial charge in [0.05, 0.1) is 0 Å². The van der Waals surface area contributed by atoms with E-state index in [-0.39, 0.29) is 0 Å². The van der Waals surface area contributed by atoms with Crippen molar-refractivity contribution in [3.63, 3.8) is 0 Å². The van der Waals surface area contributed by atoms with E-state index in [1.807, 2.05) is 5.57 Å². The van der Waals surface area contributed by atoms with Crippen LogP contribution in [-0.4, -0.2) is 6.29 Å². The molecule has 0 radical (unpaired) electrons. The fourth-order valence-electron chi connectivity index (χ4n) is 8.49. The summed E-state index contributed by atoms with van der Waals surface area (Å²) in [6, 6.07) is 0. The van der Waals surface area contributed by atoms with Crippen molar-refractivity contribution in [1.29, 1.82) is 0 Å². The molecule has 4 aliphatic rings. The van der Waals surface area contributed by atoms with Crippen molar-refractivity contribution in [3.05, 3.63) is 23.8 Å². The molecular weight excluding hydrogens is 364 g/mol. The molecule has 0 spiro atoms. The first kappa shape index (κ1) is 22.3. The third-order valence-corrected chi connectivity index (χ3v) is 10.8. The van der Waals surface area contributed by atoms with E-state index in [9.17, 15) is 4.79 Å². The molecule has 1 heteroatoms. The van der Waals surface area contributed by atoms with Gasteiger partial charge in [-0.15, -0.1) is 0 Å². The minimum Gasteiger partial charge on any atom is -0.303 e. The number of allylic oxidation sites excluding steroid dienone is 4. The Kier molecular flexibility index (Phi) is 6.40. The summed E-state index contributed by atoms with van der Waals surface area (Å²) in [5, 5.41) is 0. The van der Waals surface area contributed by atoms with E-state index >= 15 is 0 Å². The molecule has 9 atom stereocenters. The van der Waals surface area contributed by atoms with Gasteiger partial charge in [-0.05, 0) is 97.2 Å². The Morgan fingerprint density at radius 1 is 0.967 bits per heavy atom. The summed E-state index contributed by atoms with van der Waals surface area (Å²) in [7, 11) is 0. The number of hydrogen-bond acceptors (Lipinski definition) is 1. The largest absolute Gasteiger partial charge is 0.303 e. The van der Waals surface area contributed by atoms with Crippen molar-refractivity contribution in [3.8, 4) is 0 Å². The standard InChI is InChI=1S/C29H46O/c1-20(21(2)16-19-30)9-10-22(3)25-13-14-26-24-12-11-23-8-6-7-17-28(23,4)27(24)15-18-29(25,26)5/h9-10,12,19-23,25-27H,6-8,11,13-18H2,1-5H3/t20-,21?,22+,23?,25+,26-,27-,28-,29+/m0/s1. The second-order valence-electron chi connectivity index (χ2n) is 12.2. The molecule has 0 heterocycles. The van der Waals surface area contributed by atoms with E-state index in [1.165, 1.54) is 57.8 Å². The normalized spacial score (nSPS) is 43.8. The fraction of sp³-hybridized carbons (Fsp3) is 0.828. The quantitative estimate of drug-likeness (QED) is 0.320. The lowest BCUT2D eigenvalue weighted by atomic mass is 9.48. The van der Waals surface area contributed by atoms with Gasteiger partial charge in [-0.3, -0.25) is 0 Å². The summed E-state index contributed by atoms with van der Waals surface area (Å²) in [6.45, 7) is 12.2. The second kappa shape index (κ2) is 8.59. The zero-order chi connectivity index (χ0) is 21.5. The van der Waals surface area contributed by atoms with Gasteiger partial charge >= 0.3 is 0 Å². The summed E-state index contributed by atoms with van der Waals surface area (Å²) < 4.78 is 0. The van der Waals surface area contributed by atoms with Crippen molar-refractivity contribution in [2.24, 2.45) is 52.3 Å². The van der Waals surface area contributed by atoms with E-state index in [4.69, 9.17) is 0 Å². The highest BCUT2D eigenvalue weighted by atomic mass is 16.1. The predicted octanol–water partition coefficient (Wildman–Crippen LogP) is 8.01. The van der Waals surface area contributed by atoms with E-state index in [0.717, 1.165) is 30.0 Å². The van der Waals surface area contributed by atoms with Gasteiger partial charge in [0.15, 0.2) is 0 Å². The Morgan fingerprint density at radius 2 is 1.73 bits per heavy atom. The molecule has 168 valence electrons. The van der Waals surface area contributed by atoms with E-state index in [2.05, 4.69) is 52.8 Å². The Labute approximate surface area is 186 Å². The Balaban J connectivity index is 1.50. The molecule has 3 fully saturated rings. The number of fused-ring (bicyclic) bond motifs is 5. The summed E-state index contributed by atoms with van der Waals surface area (Å²) in [5.41, 5.74) is 2.98. The fourth-order valence-corrected chi connectivity index (χ4v) is 8.49. The molecule has 0 saturated heterocycles. The van der Waals surface area contributed by atoms with Crippen molar-refractivity contribution in [2.45, 2.75) is 98.8 Å². The van der Waals surface area contributed by atoms with Crippen LogP contribution in [0.5, 0.6) is 0 Å². The lowest BCUT2D eigenvalue weighted by Gasteiger charge is -2.57. The molecule has 0 bridgehead atoms. The molecule has 0 aromatic heterocycles. The SMILES string of the molecule is CC(CC=O)[C@@H](C)C=C[C@@H](C)[C@H]1CC[C@H]2C3=CCC4CCCC[C@]4(C)[C@H]3CC[C@]12C. The molecule has 0 aromatic carbocycles. The Morgan fingerprint density at radius 3 is 2.50 bits per heavy atom. The number of aldehydes is 1. The van der Waals surface area contributed by atoms with Crippen molar-refractivity contribution >= 4 is 6.29 Å². The van der Waals surface area contributed by atoms with Crippen LogP contribution in [0.4, 0.5) is 0 Å². The number of rotatable bonds is 6. The molecule has 4 rings (SSSR count). The monoisotopic (exact) mass is 410 g/mol. The molecular formula is C29H46O. The van der Waals surface area contributed by atoms with Gasteiger partial charge in [-0.2, -0.15) is 0 Å². The van der Waals surface area contributed by atoms with Crippen LogP contribution in [-0.2, 0) is 4.79 Å². The zero-order valence-corrected chi connectivity index (χ0v) is 20.3. The van der Waals surface area contributed by atoms with Gasteiger partial charge < -0.3 is 4.79 Å². The minimum absolute atomic E-state index is 0.449. The highest BCUT2D eigenvalue weighted by molar-refractivity contribution is 5.49. The molecule has 30 heavy (non-hydrogen) atoms. The zero-order valence-electron chi connectivity index (χ0n) is 20.3. The van der Waals surface area contributed by atoms with Gasteiger partial charge in [0.2, 0.25) is 0 Å². The minimum atomic E-state index is 0.449. The van der Waals surface area contributed by atoms with Gasteiger partial charge in [0.25, 0.3) is 0 Å². The summed E-state index contributed by atoms with van der Waals surface area (Å²) >= 11 is 0. The molecule has 2 unspecified atom stereocenters. The van der Waals surface area contributed by atoms with Crippen LogP contribution in [0.3, 0.4) is 0 Å². The van der Waals surface area contributed by atoms with Crippen LogP contribution in [0.2, 0.25) is 0 Å². The molecule has 0 amide bonds. The third-order valence-electron chi connectivity index (χ3n) is 10.8. The number of hydrogen-bond donors (Lipinski definition) is 0. The molecule has 0 N–H and O–H groups in total. The molecule has 0 aromatic rings. The predicted molar refractivity (Wildman–Crippen MR) is 127 cm³/mol. The van der Waals surface area contributed by atoms with Gasteiger partial charge in [-0.1, -0.05) is 71.3 Å². The smallest absolute Gasteiger partial charge is 0.120 e. The van der Waals surface area contributed by atoms with Crippen LogP contribution in [0.15, 0.2) is 23.8 Å². The average Bonchev–Trinajstić information content (AvgIpc) is 3.08. The van der Waals surface area contributed by atoms with Crippen molar-refractivity contribution in [1.82, 2.24) is 0 Å². The van der Waals surface area contributed by atoms with Crippen LogP contribution in [0, 0.1) is 52.3 Å². The van der Waals surface area contributed by atoms with Crippen LogP contribution in [0.1, 0.15) is 98.8 Å². The maximum Gasteiger partial charge on any atom is 0.120 e. The lowest BCUT2D eigenvalue weighted by Crippen LogP contribution is -2.48. The van der Waals surface area contributed by atoms with Crippen molar-refractivity contribution in [2.75, 3.05) is 0 Å². The Hall–Kier alpha value is -0.850. The van der Waals surface area contributed by atoms with E-state index in [0.29, 0.717) is 35.0 Å². The van der Waals surface area contributed by atoms with Gasteiger partial charge in [-0.25, -0.2) is 0 Å². The molecule has 0 aliphatic heterocycles. The van der Waals surface area contributed by atoms with Gasteiger partial charge in [0.1, 0.15) is 6.29 Å². The van der Waals surface area contributed by atoms with E-state index < -0.39 is 0 Å². The van der Waals surface area contributed by atoms with Gasteiger partial charge in [0, 0.05) is 6.42 Å². The highest BCUT2D eigenvalue weighted by Crippen LogP contribution is 2.66. The average molecular weight is 411 g/mol. The maximum absolute atomic E-state index is 10.9. The lowest BCUT2D eigenvalue weighted by molar-refractivity contribution is -0.108. The summed E-state index contributed by atoms with van der Waals surface area (Å²) in [6.07, 6.45) is 22.3. The molecule has 4 aliphatic carbocycles. The third kappa shape index (κ3) is 3.67. The molecule has 3 saturated carbocycles. The topological polar surface area (TPSA) is 17.1 Å². The van der Waals surface area contributed by atoms with Crippen LogP contribution >= 0.6 is 0 Å².